The van der Waals surface area contributed by atoms with E-state index in [-0.39, 0.29) is 5.91 Å². The zero-order valence-corrected chi connectivity index (χ0v) is 14.4. The first-order valence-corrected chi connectivity index (χ1v) is 8.21. The lowest BCUT2D eigenvalue weighted by Gasteiger charge is -2.34. The normalized spacial score (nSPS) is 14.6. The highest BCUT2D eigenvalue weighted by Crippen LogP contribution is 2.22. The average Bonchev–Trinajstić information content (AvgIpc) is 2.59. The molecular formula is C18H23N5O. The smallest absolute Gasteiger partial charge is 0.229 e. The summed E-state index contributed by atoms with van der Waals surface area (Å²) in [7, 11) is 0. The van der Waals surface area contributed by atoms with E-state index in [0.29, 0.717) is 5.95 Å². The van der Waals surface area contributed by atoms with Crippen molar-refractivity contribution in [2.45, 2.75) is 20.8 Å². The zero-order chi connectivity index (χ0) is 17.1. The summed E-state index contributed by atoms with van der Waals surface area (Å²) in [4.78, 5) is 24.5. The van der Waals surface area contributed by atoms with Crippen molar-refractivity contribution in [1.82, 2.24) is 14.9 Å². The van der Waals surface area contributed by atoms with Crippen molar-refractivity contribution in [2.75, 3.05) is 36.4 Å². The number of piperazine rings is 1. The maximum atomic E-state index is 11.4. The van der Waals surface area contributed by atoms with Crippen molar-refractivity contribution in [3.63, 3.8) is 0 Å². The minimum atomic E-state index is 0.134. The molecule has 1 aliphatic rings. The van der Waals surface area contributed by atoms with Gasteiger partial charge < -0.3 is 15.1 Å². The number of carbonyl (C=O) groups is 1. The summed E-state index contributed by atoms with van der Waals surface area (Å²) in [5.41, 5.74) is 3.45. The number of aryl methyl sites for hydroxylation is 1. The van der Waals surface area contributed by atoms with Gasteiger partial charge >= 0.3 is 0 Å². The summed E-state index contributed by atoms with van der Waals surface area (Å²) in [5, 5.41) is 3.31. The Morgan fingerprint density at radius 3 is 2.58 bits per heavy atom. The predicted molar refractivity (Wildman–Crippen MR) is 95.7 cm³/mol. The van der Waals surface area contributed by atoms with Crippen LogP contribution in [0.15, 0.2) is 30.5 Å². The van der Waals surface area contributed by atoms with Crippen LogP contribution in [-0.2, 0) is 4.79 Å². The van der Waals surface area contributed by atoms with E-state index in [0.717, 1.165) is 37.7 Å². The second-order valence-electron chi connectivity index (χ2n) is 6.10. The number of carbonyl (C=O) groups excluding carboxylic acids is 1. The van der Waals surface area contributed by atoms with E-state index in [1.165, 1.54) is 11.1 Å². The van der Waals surface area contributed by atoms with Crippen LogP contribution in [0.4, 0.5) is 17.5 Å². The Morgan fingerprint density at radius 1 is 1.12 bits per heavy atom. The van der Waals surface area contributed by atoms with Crippen molar-refractivity contribution < 1.29 is 4.79 Å². The molecule has 1 amide bonds. The minimum Gasteiger partial charge on any atom is -0.353 e. The Balaban J connectivity index is 1.73. The Hall–Kier alpha value is -2.63. The Kier molecular flexibility index (Phi) is 4.64. The maximum Gasteiger partial charge on any atom is 0.229 e. The van der Waals surface area contributed by atoms with E-state index in [1.807, 2.05) is 23.1 Å². The first kappa shape index (κ1) is 16.2. The van der Waals surface area contributed by atoms with Crippen LogP contribution < -0.4 is 10.2 Å². The van der Waals surface area contributed by atoms with Crippen LogP contribution in [0.1, 0.15) is 18.1 Å². The van der Waals surface area contributed by atoms with E-state index in [2.05, 4.69) is 40.1 Å². The van der Waals surface area contributed by atoms with Gasteiger partial charge in [0.1, 0.15) is 5.82 Å². The van der Waals surface area contributed by atoms with Crippen LogP contribution in [0.5, 0.6) is 0 Å². The van der Waals surface area contributed by atoms with E-state index < -0.39 is 0 Å². The van der Waals surface area contributed by atoms with Crippen molar-refractivity contribution in [3.8, 4) is 0 Å². The molecule has 126 valence electrons. The van der Waals surface area contributed by atoms with Gasteiger partial charge in [-0.1, -0.05) is 12.1 Å². The molecule has 0 radical (unpaired) electrons. The van der Waals surface area contributed by atoms with Gasteiger partial charge in [-0.25, -0.2) is 4.98 Å². The SMILES string of the molecule is CC(=O)N1CCN(c2ccnc(Nc3cccc(C)c3C)n2)CC1. The molecule has 24 heavy (non-hydrogen) atoms. The van der Waals surface area contributed by atoms with Gasteiger partial charge in [-0.3, -0.25) is 4.79 Å². The predicted octanol–water partition coefficient (Wildman–Crippen LogP) is 2.51. The monoisotopic (exact) mass is 325 g/mol. The number of aromatic nitrogens is 2. The van der Waals surface area contributed by atoms with Gasteiger partial charge in [-0.05, 0) is 37.1 Å². The van der Waals surface area contributed by atoms with Crippen molar-refractivity contribution in [2.24, 2.45) is 0 Å². The van der Waals surface area contributed by atoms with Gasteiger partial charge in [0.2, 0.25) is 11.9 Å². The first-order chi connectivity index (χ1) is 11.5. The first-order valence-electron chi connectivity index (χ1n) is 8.21. The highest BCUT2D eigenvalue weighted by atomic mass is 16.2. The molecule has 0 atom stereocenters. The Morgan fingerprint density at radius 2 is 1.88 bits per heavy atom. The van der Waals surface area contributed by atoms with Gasteiger partial charge in [-0.15, -0.1) is 0 Å². The third-order valence-corrected chi connectivity index (χ3v) is 4.54. The van der Waals surface area contributed by atoms with Gasteiger partial charge in [0, 0.05) is 45.0 Å². The Bertz CT molecular complexity index is 738. The summed E-state index contributed by atoms with van der Waals surface area (Å²) in [6.45, 7) is 8.85. The zero-order valence-electron chi connectivity index (χ0n) is 14.4. The molecule has 1 N–H and O–H groups in total. The molecule has 0 aliphatic carbocycles. The number of nitrogens with zero attached hydrogens (tertiary/aromatic N) is 4. The maximum absolute atomic E-state index is 11.4. The summed E-state index contributed by atoms with van der Waals surface area (Å²) in [6, 6.07) is 8.06. The van der Waals surface area contributed by atoms with Gasteiger partial charge in [0.25, 0.3) is 0 Å². The largest absolute Gasteiger partial charge is 0.353 e. The lowest BCUT2D eigenvalue weighted by atomic mass is 10.1. The molecule has 0 spiro atoms. The molecule has 0 unspecified atom stereocenters. The Labute approximate surface area is 142 Å². The number of nitrogens with one attached hydrogen (secondary N) is 1. The molecule has 2 heterocycles. The number of benzene rings is 1. The van der Waals surface area contributed by atoms with Crippen LogP contribution in [0, 0.1) is 13.8 Å². The van der Waals surface area contributed by atoms with Crippen molar-refractivity contribution in [1.29, 1.82) is 0 Å². The molecular weight excluding hydrogens is 302 g/mol. The second-order valence-corrected chi connectivity index (χ2v) is 6.10. The van der Waals surface area contributed by atoms with Crippen molar-refractivity contribution >= 4 is 23.4 Å². The quantitative estimate of drug-likeness (QED) is 0.939. The summed E-state index contributed by atoms with van der Waals surface area (Å²) in [6.07, 6.45) is 1.77. The van der Waals surface area contributed by atoms with Crippen LogP contribution in [0.25, 0.3) is 0 Å². The van der Waals surface area contributed by atoms with E-state index in [4.69, 9.17) is 0 Å². The van der Waals surface area contributed by atoms with E-state index in [9.17, 15) is 4.79 Å². The fraction of sp³-hybridized carbons (Fsp3) is 0.389. The number of rotatable bonds is 3. The van der Waals surface area contributed by atoms with E-state index >= 15 is 0 Å². The molecule has 0 saturated carbocycles. The standard InChI is InChI=1S/C18H23N5O/c1-13-5-4-6-16(14(13)2)20-18-19-8-7-17(21-18)23-11-9-22(10-12-23)15(3)24/h4-8H,9-12H2,1-3H3,(H,19,20,21). The van der Waals surface area contributed by atoms with Crippen LogP contribution in [-0.4, -0.2) is 47.0 Å². The average molecular weight is 325 g/mol. The topological polar surface area (TPSA) is 61.4 Å². The summed E-state index contributed by atoms with van der Waals surface area (Å²) >= 11 is 0. The highest BCUT2D eigenvalue weighted by molar-refractivity contribution is 5.73. The fourth-order valence-electron chi connectivity index (χ4n) is 2.84. The summed E-state index contributed by atoms with van der Waals surface area (Å²) in [5.74, 6) is 1.62. The molecule has 6 nitrogen and oxygen atoms in total. The lowest BCUT2D eigenvalue weighted by molar-refractivity contribution is -0.129. The van der Waals surface area contributed by atoms with Gasteiger partial charge in [-0.2, -0.15) is 4.98 Å². The molecule has 0 bridgehead atoms. The molecule has 1 aliphatic heterocycles. The van der Waals surface area contributed by atoms with Crippen LogP contribution in [0.2, 0.25) is 0 Å². The third-order valence-electron chi connectivity index (χ3n) is 4.54. The fourth-order valence-corrected chi connectivity index (χ4v) is 2.84. The van der Waals surface area contributed by atoms with Gasteiger partial charge in [0.05, 0.1) is 0 Å². The molecule has 1 aromatic heterocycles. The number of hydrogen-bond acceptors (Lipinski definition) is 5. The van der Waals surface area contributed by atoms with Crippen molar-refractivity contribution in [3.05, 3.63) is 41.6 Å². The third kappa shape index (κ3) is 3.48. The minimum absolute atomic E-state index is 0.134. The second kappa shape index (κ2) is 6.86. The molecule has 2 aromatic rings. The van der Waals surface area contributed by atoms with Crippen LogP contribution >= 0.6 is 0 Å². The molecule has 1 fully saturated rings. The molecule has 3 rings (SSSR count). The lowest BCUT2D eigenvalue weighted by Crippen LogP contribution is -2.48. The molecule has 1 aromatic carbocycles. The summed E-state index contributed by atoms with van der Waals surface area (Å²) < 4.78 is 0. The number of hydrogen-bond donors (Lipinski definition) is 1. The number of amides is 1. The highest BCUT2D eigenvalue weighted by Gasteiger charge is 2.19. The molecule has 1 saturated heterocycles. The number of anilines is 3. The van der Waals surface area contributed by atoms with Crippen LogP contribution in [0.3, 0.4) is 0 Å². The van der Waals surface area contributed by atoms with E-state index in [1.54, 1.807) is 13.1 Å². The molecule has 6 heteroatoms. The van der Waals surface area contributed by atoms with Gasteiger partial charge in [0.15, 0.2) is 0 Å².